The molecule has 0 saturated carbocycles. The zero-order valence-corrected chi connectivity index (χ0v) is 13.3. The lowest BCUT2D eigenvalue weighted by Gasteiger charge is -2.07. The van der Waals surface area contributed by atoms with Gasteiger partial charge in [0.25, 0.3) is 0 Å². The molecule has 2 aromatic carbocycles. The maximum absolute atomic E-state index is 13.2. The van der Waals surface area contributed by atoms with Crippen LogP contribution in [-0.4, -0.2) is 16.1 Å². The zero-order valence-electron chi connectivity index (χ0n) is 13.3. The normalized spacial score (nSPS) is 10.8. The lowest BCUT2D eigenvalue weighted by molar-refractivity contribution is 0.0991. The molecule has 3 rings (SSSR count). The van der Waals surface area contributed by atoms with E-state index in [0.29, 0.717) is 17.2 Å². The van der Waals surface area contributed by atoms with Gasteiger partial charge in [0.05, 0.1) is 0 Å². The number of nitrogens with zero attached hydrogens (tertiary/aromatic N) is 2. The first-order valence-electron chi connectivity index (χ1n) is 7.53. The van der Waals surface area contributed by atoms with Gasteiger partial charge in [-0.15, -0.1) is 10.2 Å². The quantitative estimate of drug-likeness (QED) is 0.778. The Morgan fingerprint density at radius 3 is 2.54 bits per heavy atom. The van der Waals surface area contributed by atoms with Crippen molar-refractivity contribution in [3.8, 4) is 11.5 Å². The van der Waals surface area contributed by atoms with Crippen molar-refractivity contribution < 1.29 is 13.6 Å². The largest absolute Gasteiger partial charge is 0.412 e. The lowest BCUT2D eigenvalue weighted by Crippen LogP contribution is -2.12. The maximum atomic E-state index is 13.2. The Hall–Kier alpha value is -3.02. The summed E-state index contributed by atoms with van der Waals surface area (Å²) in [5.74, 6) is -0.596. The van der Waals surface area contributed by atoms with E-state index >= 15 is 0 Å². The van der Waals surface area contributed by atoms with E-state index in [-0.39, 0.29) is 11.8 Å². The molecule has 1 heterocycles. The molecule has 0 saturated heterocycles. The second kappa shape index (κ2) is 6.62. The molecule has 1 N–H and O–H groups in total. The van der Waals surface area contributed by atoms with Crippen LogP contribution >= 0.6 is 0 Å². The number of hydrogen-bond donors (Lipinski definition) is 1. The average Bonchev–Trinajstić information content (AvgIpc) is 3.05. The van der Waals surface area contributed by atoms with Crippen LogP contribution in [0, 0.1) is 5.82 Å². The van der Waals surface area contributed by atoms with Crippen LogP contribution in [0.25, 0.3) is 11.5 Å². The van der Waals surface area contributed by atoms with Crippen LogP contribution in [0.3, 0.4) is 0 Å². The smallest absolute Gasteiger partial charge is 0.313 e. The maximum Gasteiger partial charge on any atom is 0.313 e. The molecule has 0 spiro atoms. The molecule has 5 nitrogen and oxygen atoms in total. The molecule has 122 valence electrons. The van der Waals surface area contributed by atoms with Gasteiger partial charge >= 0.3 is 11.8 Å². The molecule has 0 atom stereocenters. The van der Waals surface area contributed by atoms with E-state index in [4.69, 9.17) is 4.42 Å². The van der Waals surface area contributed by atoms with E-state index in [1.807, 2.05) is 24.3 Å². The SMILES string of the molecule is CC(C)c1ccc(NC(=O)c2nnc(-c3cccc(F)c3)o2)cc1. The third-order valence-electron chi connectivity index (χ3n) is 3.53. The Labute approximate surface area is 138 Å². The Morgan fingerprint density at radius 2 is 1.88 bits per heavy atom. The van der Waals surface area contributed by atoms with Crippen molar-refractivity contribution in [1.82, 2.24) is 10.2 Å². The molecule has 0 aliphatic heterocycles. The number of halogens is 1. The molecule has 6 heteroatoms. The van der Waals surface area contributed by atoms with Crippen molar-refractivity contribution in [3.63, 3.8) is 0 Å². The highest BCUT2D eigenvalue weighted by atomic mass is 19.1. The fraction of sp³-hybridized carbons (Fsp3) is 0.167. The molecule has 0 fully saturated rings. The third kappa shape index (κ3) is 3.48. The van der Waals surface area contributed by atoms with Crippen molar-refractivity contribution in [2.24, 2.45) is 0 Å². The number of rotatable bonds is 4. The van der Waals surface area contributed by atoms with Gasteiger partial charge in [0, 0.05) is 11.3 Å². The number of benzene rings is 2. The summed E-state index contributed by atoms with van der Waals surface area (Å²) in [6.45, 7) is 4.19. The minimum atomic E-state index is -0.512. The van der Waals surface area contributed by atoms with Gasteiger partial charge < -0.3 is 9.73 Å². The van der Waals surface area contributed by atoms with Gasteiger partial charge in [-0.25, -0.2) is 4.39 Å². The molecule has 24 heavy (non-hydrogen) atoms. The number of carbonyl (C=O) groups excluding carboxylic acids is 1. The van der Waals surface area contributed by atoms with E-state index in [1.165, 1.54) is 23.8 Å². The van der Waals surface area contributed by atoms with Gasteiger partial charge in [0.15, 0.2) is 0 Å². The number of aromatic nitrogens is 2. The van der Waals surface area contributed by atoms with Crippen molar-refractivity contribution in [2.75, 3.05) is 5.32 Å². The number of carbonyl (C=O) groups is 1. The van der Waals surface area contributed by atoms with Crippen LogP contribution in [0.15, 0.2) is 52.9 Å². The van der Waals surface area contributed by atoms with Crippen LogP contribution in [0.5, 0.6) is 0 Å². The van der Waals surface area contributed by atoms with Crippen LogP contribution < -0.4 is 5.32 Å². The molecule has 0 aliphatic rings. The van der Waals surface area contributed by atoms with Crippen LogP contribution in [0.2, 0.25) is 0 Å². The van der Waals surface area contributed by atoms with E-state index in [2.05, 4.69) is 29.4 Å². The second-order valence-electron chi connectivity index (χ2n) is 5.65. The molecule has 0 unspecified atom stereocenters. The Kier molecular flexibility index (Phi) is 4.37. The molecule has 3 aromatic rings. The van der Waals surface area contributed by atoms with E-state index < -0.39 is 11.7 Å². The summed E-state index contributed by atoms with van der Waals surface area (Å²) in [4.78, 5) is 12.2. The first-order valence-corrected chi connectivity index (χ1v) is 7.53. The Balaban J connectivity index is 1.74. The van der Waals surface area contributed by atoms with Crippen LogP contribution in [0.1, 0.15) is 36.0 Å². The van der Waals surface area contributed by atoms with Gasteiger partial charge in [-0.05, 0) is 41.8 Å². The average molecular weight is 325 g/mol. The highest BCUT2D eigenvalue weighted by Gasteiger charge is 2.16. The zero-order chi connectivity index (χ0) is 17.1. The first-order chi connectivity index (χ1) is 11.5. The summed E-state index contributed by atoms with van der Waals surface area (Å²) in [5.41, 5.74) is 2.23. The third-order valence-corrected chi connectivity index (χ3v) is 3.53. The van der Waals surface area contributed by atoms with Crippen LogP contribution in [-0.2, 0) is 0 Å². The van der Waals surface area contributed by atoms with Crippen molar-refractivity contribution in [1.29, 1.82) is 0 Å². The Morgan fingerprint density at radius 1 is 1.12 bits per heavy atom. The van der Waals surface area contributed by atoms with Gasteiger partial charge in [0.1, 0.15) is 5.82 Å². The summed E-state index contributed by atoms with van der Waals surface area (Å²) < 4.78 is 18.5. The number of anilines is 1. The standard InChI is InChI=1S/C18H16FN3O2/c1-11(2)12-6-8-15(9-7-12)20-16(23)18-22-21-17(24-18)13-4-3-5-14(19)10-13/h3-11H,1-2H3,(H,20,23). The summed E-state index contributed by atoms with van der Waals surface area (Å²) in [6.07, 6.45) is 0. The topological polar surface area (TPSA) is 68.0 Å². The predicted molar refractivity (Wildman–Crippen MR) is 88.2 cm³/mol. The van der Waals surface area contributed by atoms with Crippen molar-refractivity contribution in [3.05, 3.63) is 65.8 Å². The van der Waals surface area contributed by atoms with Crippen molar-refractivity contribution >= 4 is 11.6 Å². The van der Waals surface area contributed by atoms with Crippen molar-refractivity contribution in [2.45, 2.75) is 19.8 Å². The van der Waals surface area contributed by atoms with Gasteiger partial charge in [-0.2, -0.15) is 0 Å². The molecule has 0 radical (unpaired) electrons. The molecular formula is C18H16FN3O2. The summed E-state index contributed by atoms with van der Waals surface area (Å²) in [5, 5.41) is 10.2. The fourth-order valence-electron chi connectivity index (χ4n) is 2.19. The molecule has 0 bridgehead atoms. The highest BCUT2D eigenvalue weighted by molar-refractivity contribution is 6.00. The highest BCUT2D eigenvalue weighted by Crippen LogP contribution is 2.20. The first kappa shape index (κ1) is 15.9. The predicted octanol–water partition coefficient (Wildman–Crippen LogP) is 4.25. The minimum Gasteiger partial charge on any atom is -0.412 e. The molecular weight excluding hydrogens is 309 g/mol. The molecule has 0 aliphatic carbocycles. The van der Waals surface area contributed by atoms with E-state index in [9.17, 15) is 9.18 Å². The van der Waals surface area contributed by atoms with E-state index in [0.717, 1.165) is 0 Å². The summed E-state index contributed by atoms with van der Waals surface area (Å²) in [7, 11) is 0. The fourth-order valence-corrected chi connectivity index (χ4v) is 2.19. The van der Waals surface area contributed by atoms with E-state index in [1.54, 1.807) is 6.07 Å². The number of nitrogens with one attached hydrogen (secondary N) is 1. The summed E-state index contributed by atoms with van der Waals surface area (Å²) >= 11 is 0. The van der Waals surface area contributed by atoms with Crippen LogP contribution in [0.4, 0.5) is 10.1 Å². The molecule has 1 aromatic heterocycles. The van der Waals surface area contributed by atoms with Gasteiger partial charge in [-0.3, -0.25) is 4.79 Å². The second-order valence-corrected chi connectivity index (χ2v) is 5.65. The molecule has 1 amide bonds. The van der Waals surface area contributed by atoms with Gasteiger partial charge in [-0.1, -0.05) is 32.0 Å². The lowest BCUT2D eigenvalue weighted by atomic mass is 10.0. The monoisotopic (exact) mass is 325 g/mol. The summed E-state index contributed by atoms with van der Waals surface area (Å²) in [6, 6.07) is 13.3. The number of hydrogen-bond acceptors (Lipinski definition) is 4. The van der Waals surface area contributed by atoms with Gasteiger partial charge in [0.2, 0.25) is 5.89 Å². The Bertz CT molecular complexity index is 857. The minimum absolute atomic E-state index is 0.0924. The number of amides is 1.